The van der Waals surface area contributed by atoms with Crippen molar-refractivity contribution in [3.63, 3.8) is 0 Å². The highest BCUT2D eigenvalue weighted by Gasteiger charge is 2.02. The summed E-state index contributed by atoms with van der Waals surface area (Å²) < 4.78 is 4.50. The zero-order chi connectivity index (χ0) is 8.27. The van der Waals surface area contributed by atoms with Crippen LogP contribution in [0.2, 0.25) is 0 Å². The number of esters is 1. The fourth-order valence-corrected chi connectivity index (χ4v) is 0.706. The molecule has 1 rings (SSSR count). The van der Waals surface area contributed by atoms with E-state index in [1.165, 1.54) is 13.3 Å². The molecular weight excluding hydrogens is 154 g/mol. The molecule has 0 atom stereocenters. The number of carbonyl (C=O) groups is 1. The molecule has 66 valence electrons. The van der Waals surface area contributed by atoms with E-state index in [9.17, 15) is 4.79 Å². The Morgan fingerprint density at radius 1 is 1.50 bits per heavy atom. The van der Waals surface area contributed by atoms with Crippen LogP contribution in [0.1, 0.15) is 23.5 Å². The molecule has 0 saturated carbocycles. The SMILES string of the molecule is C.COC(=O)c1ccc(C)nc1. The second kappa shape index (κ2) is 4.49. The predicted molar refractivity (Wildman–Crippen MR) is 47.0 cm³/mol. The summed E-state index contributed by atoms with van der Waals surface area (Å²) in [5, 5.41) is 0. The molecule has 0 radical (unpaired) electrons. The first-order chi connectivity index (χ1) is 5.24. The largest absolute Gasteiger partial charge is 0.465 e. The van der Waals surface area contributed by atoms with E-state index in [1.54, 1.807) is 12.1 Å². The minimum atomic E-state index is -0.350. The van der Waals surface area contributed by atoms with Crippen LogP contribution in [-0.4, -0.2) is 18.1 Å². The first-order valence-electron chi connectivity index (χ1n) is 3.25. The third-order valence-electron chi connectivity index (χ3n) is 1.33. The van der Waals surface area contributed by atoms with Crippen molar-refractivity contribution >= 4 is 5.97 Å². The molecule has 0 aliphatic carbocycles. The van der Waals surface area contributed by atoms with Crippen molar-refractivity contribution in [2.45, 2.75) is 14.4 Å². The van der Waals surface area contributed by atoms with Gasteiger partial charge in [-0.05, 0) is 19.1 Å². The molecule has 0 fully saturated rings. The van der Waals surface area contributed by atoms with Gasteiger partial charge in [-0.1, -0.05) is 7.43 Å². The van der Waals surface area contributed by atoms with E-state index in [2.05, 4.69) is 9.72 Å². The molecule has 0 bridgehead atoms. The van der Waals surface area contributed by atoms with Crippen molar-refractivity contribution < 1.29 is 9.53 Å². The molecule has 12 heavy (non-hydrogen) atoms. The number of carbonyl (C=O) groups excluding carboxylic acids is 1. The zero-order valence-electron chi connectivity index (χ0n) is 6.50. The van der Waals surface area contributed by atoms with Crippen LogP contribution in [0.25, 0.3) is 0 Å². The van der Waals surface area contributed by atoms with Gasteiger partial charge in [-0.3, -0.25) is 4.98 Å². The molecule has 0 amide bonds. The van der Waals surface area contributed by atoms with Crippen LogP contribution in [0, 0.1) is 6.92 Å². The monoisotopic (exact) mass is 167 g/mol. The lowest BCUT2D eigenvalue weighted by Gasteiger charge is -1.97. The smallest absolute Gasteiger partial charge is 0.339 e. The topological polar surface area (TPSA) is 39.2 Å². The summed E-state index contributed by atoms with van der Waals surface area (Å²) in [4.78, 5) is 14.8. The second-order valence-corrected chi connectivity index (χ2v) is 2.18. The van der Waals surface area contributed by atoms with Crippen molar-refractivity contribution in [1.29, 1.82) is 0 Å². The minimum Gasteiger partial charge on any atom is -0.465 e. The van der Waals surface area contributed by atoms with Crippen LogP contribution < -0.4 is 0 Å². The van der Waals surface area contributed by atoms with Gasteiger partial charge in [0.2, 0.25) is 0 Å². The highest BCUT2D eigenvalue weighted by atomic mass is 16.5. The summed E-state index contributed by atoms with van der Waals surface area (Å²) in [7, 11) is 1.35. The molecule has 1 heterocycles. The Bertz CT molecular complexity index is 254. The first kappa shape index (κ1) is 10.6. The molecule has 0 spiro atoms. The number of rotatable bonds is 1. The molecule has 0 aliphatic rings. The van der Waals surface area contributed by atoms with Crippen LogP contribution in [0.5, 0.6) is 0 Å². The average Bonchev–Trinajstić information content (AvgIpc) is 2.05. The Labute approximate surface area is 72.4 Å². The maximum atomic E-state index is 10.9. The molecule has 0 unspecified atom stereocenters. The maximum absolute atomic E-state index is 10.9. The van der Waals surface area contributed by atoms with Gasteiger partial charge >= 0.3 is 5.97 Å². The normalized spacial score (nSPS) is 8.50. The number of pyridine rings is 1. The van der Waals surface area contributed by atoms with E-state index < -0.39 is 0 Å². The number of aromatic nitrogens is 1. The van der Waals surface area contributed by atoms with Gasteiger partial charge in [-0.25, -0.2) is 4.79 Å². The molecule has 0 aromatic carbocycles. The summed E-state index contributed by atoms with van der Waals surface area (Å²) in [6, 6.07) is 3.46. The average molecular weight is 167 g/mol. The van der Waals surface area contributed by atoms with E-state index >= 15 is 0 Å². The Kier molecular flexibility index (Phi) is 3.97. The van der Waals surface area contributed by atoms with Crippen LogP contribution in [0.15, 0.2) is 18.3 Å². The van der Waals surface area contributed by atoms with Gasteiger partial charge in [0.1, 0.15) is 0 Å². The Morgan fingerprint density at radius 2 is 2.17 bits per heavy atom. The third kappa shape index (κ3) is 2.34. The molecule has 0 saturated heterocycles. The Morgan fingerprint density at radius 3 is 2.58 bits per heavy atom. The van der Waals surface area contributed by atoms with E-state index in [4.69, 9.17) is 0 Å². The van der Waals surface area contributed by atoms with Gasteiger partial charge in [0.05, 0.1) is 12.7 Å². The number of hydrogen-bond donors (Lipinski definition) is 0. The first-order valence-corrected chi connectivity index (χ1v) is 3.25. The quantitative estimate of drug-likeness (QED) is 0.599. The summed E-state index contributed by atoms with van der Waals surface area (Å²) in [6.45, 7) is 1.86. The van der Waals surface area contributed by atoms with Gasteiger partial charge in [0, 0.05) is 11.9 Å². The lowest BCUT2D eigenvalue weighted by Crippen LogP contribution is -2.01. The highest BCUT2D eigenvalue weighted by molar-refractivity contribution is 5.88. The fraction of sp³-hybridized carbons (Fsp3) is 0.333. The molecule has 3 heteroatoms. The van der Waals surface area contributed by atoms with Crippen molar-refractivity contribution in [2.24, 2.45) is 0 Å². The van der Waals surface area contributed by atoms with Crippen LogP contribution in [0.3, 0.4) is 0 Å². The van der Waals surface area contributed by atoms with Gasteiger partial charge in [-0.15, -0.1) is 0 Å². The van der Waals surface area contributed by atoms with Crippen molar-refractivity contribution in [1.82, 2.24) is 4.98 Å². The van der Waals surface area contributed by atoms with E-state index in [0.717, 1.165) is 5.69 Å². The number of aryl methyl sites for hydroxylation is 1. The highest BCUT2D eigenvalue weighted by Crippen LogP contribution is 1.99. The number of methoxy groups -OCH3 is 1. The summed E-state index contributed by atoms with van der Waals surface area (Å²) >= 11 is 0. The molecular formula is C9H13NO2. The van der Waals surface area contributed by atoms with Gasteiger partial charge in [0.15, 0.2) is 0 Å². The van der Waals surface area contributed by atoms with Crippen LogP contribution in [0.4, 0.5) is 0 Å². The molecule has 1 aromatic rings. The van der Waals surface area contributed by atoms with E-state index in [1.807, 2.05) is 6.92 Å². The standard InChI is InChI=1S/C8H9NO2.CH4/c1-6-3-4-7(5-9-6)8(10)11-2;/h3-5H,1-2H3;1H4. The summed E-state index contributed by atoms with van der Waals surface area (Å²) in [6.07, 6.45) is 1.50. The lowest BCUT2D eigenvalue weighted by atomic mass is 10.2. The summed E-state index contributed by atoms with van der Waals surface area (Å²) in [5.74, 6) is -0.350. The van der Waals surface area contributed by atoms with Gasteiger partial charge in [0.25, 0.3) is 0 Å². The Balaban J connectivity index is 0.00000121. The van der Waals surface area contributed by atoms with E-state index in [-0.39, 0.29) is 13.4 Å². The van der Waals surface area contributed by atoms with E-state index in [0.29, 0.717) is 5.56 Å². The predicted octanol–water partition coefficient (Wildman–Crippen LogP) is 1.81. The minimum absolute atomic E-state index is 0. The van der Waals surface area contributed by atoms with Crippen molar-refractivity contribution in [3.05, 3.63) is 29.6 Å². The lowest BCUT2D eigenvalue weighted by molar-refractivity contribution is 0.0600. The number of ether oxygens (including phenoxy) is 1. The third-order valence-corrected chi connectivity index (χ3v) is 1.33. The Hall–Kier alpha value is -1.38. The summed E-state index contributed by atoms with van der Waals surface area (Å²) in [5.41, 5.74) is 1.37. The number of hydrogen-bond acceptors (Lipinski definition) is 3. The number of nitrogens with zero attached hydrogens (tertiary/aromatic N) is 1. The van der Waals surface area contributed by atoms with Gasteiger partial charge in [-0.2, -0.15) is 0 Å². The van der Waals surface area contributed by atoms with Crippen LogP contribution >= 0.6 is 0 Å². The molecule has 3 nitrogen and oxygen atoms in total. The van der Waals surface area contributed by atoms with Gasteiger partial charge < -0.3 is 4.74 Å². The fourth-order valence-electron chi connectivity index (χ4n) is 0.706. The second-order valence-electron chi connectivity index (χ2n) is 2.18. The van der Waals surface area contributed by atoms with Crippen molar-refractivity contribution in [3.8, 4) is 0 Å². The van der Waals surface area contributed by atoms with Crippen molar-refractivity contribution in [2.75, 3.05) is 7.11 Å². The van der Waals surface area contributed by atoms with Crippen LogP contribution in [-0.2, 0) is 4.74 Å². The maximum Gasteiger partial charge on any atom is 0.339 e. The molecule has 0 N–H and O–H groups in total. The molecule has 0 aliphatic heterocycles. The molecule has 1 aromatic heterocycles. The zero-order valence-corrected chi connectivity index (χ0v) is 6.50.